The van der Waals surface area contributed by atoms with Gasteiger partial charge in [0.2, 0.25) is 0 Å². The minimum Gasteiger partial charge on any atom is -1.00 e. The van der Waals surface area contributed by atoms with E-state index in [9.17, 15) is 4.79 Å². The molecule has 4 atom stereocenters. The van der Waals surface area contributed by atoms with Gasteiger partial charge in [0.25, 0.3) is 0 Å². The zero-order valence-electron chi connectivity index (χ0n) is 15.7. The van der Waals surface area contributed by atoms with Crippen LogP contribution in [0.1, 0.15) is 19.4 Å². The van der Waals surface area contributed by atoms with Crippen molar-refractivity contribution in [1.82, 2.24) is 0 Å². The van der Waals surface area contributed by atoms with Gasteiger partial charge >= 0.3 is 5.97 Å². The van der Waals surface area contributed by atoms with Crippen LogP contribution in [0.2, 0.25) is 0 Å². The van der Waals surface area contributed by atoms with Crippen molar-refractivity contribution in [2.24, 2.45) is 11.8 Å². The SMILES string of the molecule is C[C@@H]1OC(=O)[C@@H](C)COC[C@H](Cc2ccccc2)[C@H]1Oc1ccccc1.[Cl-]. The largest absolute Gasteiger partial charge is 1.00 e. The molecule has 0 radical (unpaired) electrons. The standard InChI is InChI=1S/C22H26O4.ClH/c1-16-14-24-15-19(13-18-9-5-3-6-10-18)21(17(2)25-22(16)23)26-20-11-7-4-8-12-20;/h3-12,16-17,19,21H,13-15H2,1-2H3;1H/p-1/t16-,17-,19-,21-;/m0./s1. The molecule has 0 amide bonds. The quantitative estimate of drug-likeness (QED) is 0.729. The number of para-hydroxylation sites is 1. The van der Waals surface area contributed by atoms with Crippen LogP contribution in [0.15, 0.2) is 60.7 Å². The van der Waals surface area contributed by atoms with Crippen molar-refractivity contribution in [3.63, 3.8) is 0 Å². The van der Waals surface area contributed by atoms with Crippen molar-refractivity contribution >= 4 is 5.97 Å². The lowest BCUT2D eigenvalue weighted by Crippen LogP contribution is -3.00. The molecule has 146 valence electrons. The number of carbonyl (C=O) groups is 1. The highest BCUT2D eigenvalue weighted by Crippen LogP contribution is 2.25. The minimum atomic E-state index is -0.361. The van der Waals surface area contributed by atoms with E-state index in [4.69, 9.17) is 14.2 Å². The molecule has 0 spiro atoms. The Bertz CT molecular complexity index is 692. The Kier molecular flexibility index (Phi) is 8.14. The second-order valence-electron chi connectivity index (χ2n) is 6.93. The van der Waals surface area contributed by atoms with E-state index in [1.165, 1.54) is 5.56 Å². The zero-order valence-corrected chi connectivity index (χ0v) is 16.5. The third-order valence-corrected chi connectivity index (χ3v) is 4.69. The van der Waals surface area contributed by atoms with Crippen molar-refractivity contribution in [1.29, 1.82) is 0 Å². The highest BCUT2D eigenvalue weighted by molar-refractivity contribution is 5.72. The lowest BCUT2D eigenvalue weighted by Gasteiger charge is -2.31. The van der Waals surface area contributed by atoms with Gasteiger partial charge in [-0.2, -0.15) is 0 Å². The predicted molar refractivity (Wildman–Crippen MR) is 100 cm³/mol. The molecule has 1 heterocycles. The molecule has 27 heavy (non-hydrogen) atoms. The number of hydrogen-bond acceptors (Lipinski definition) is 4. The van der Waals surface area contributed by atoms with Gasteiger partial charge in [0, 0.05) is 5.92 Å². The summed E-state index contributed by atoms with van der Waals surface area (Å²) in [5.41, 5.74) is 1.22. The van der Waals surface area contributed by atoms with E-state index >= 15 is 0 Å². The molecule has 1 saturated heterocycles. The van der Waals surface area contributed by atoms with E-state index in [2.05, 4.69) is 12.1 Å². The first-order valence-electron chi connectivity index (χ1n) is 9.17. The molecule has 4 nitrogen and oxygen atoms in total. The molecule has 0 aromatic heterocycles. The molecule has 0 saturated carbocycles. The fourth-order valence-electron chi connectivity index (χ4n) is 3.25. The number of benzene rings is 2. The molecule has 0 bridgehead atoms. The van der Waals surface area contributed by atoms with Gasteiger partial charge in [-0.1, -0.05) is 48.5 Å². The zero-order chi connectivity index (χ0) is 18.4. The topological polar surface area (TPSA) is 44.8 Å². The maximum absolute atomic E-state index is 12.2. The molecule has 3 rings (SSSR count). The Balaban J connectivity index is 0.00000261. The summed E-state index contributed by atoms with van der Waals surface area (Å²) in [5, 5.41) is 0. The normalized spacial score (nSPS) is 25.9. The summed E-state index contributed by atoms with van der Waals surface area (Å²) < 4.78 is 17.8. The third-order valence-electron chi connectivity index (χ3n) is 4.69. The number of esters is 1. The first-order valence-corrected chi connectivity index (χ1v) is 9.17. The number of rotatable bonds is 4. The smallest absolute Gasteiger partial charge is 0.311 e. The Morgan fingerprint density at radius 1 is 0.963 bits per heavy atom. The lowest BCUT2D eigenvalue weighted by atomic mass is 9.91. The monoisotopic (exact) mass is 389 g/mol. The summed E-state index contributed by atoms with van der Waals surface area (Å²) in [4.78, 5) is 12.2. The van der Waals surface area contributed by atoms with Crippen LogP contribution in [0.25, 0.3) is 0 Å². The fourth-order valence-corrected chi connectivity index (χ4v) is 3.25. The second-order valence-corrected chi connectivity index (χ2v) is 6.93. The molecule has 0 N–H and O–H groups in total. The van der Waals surface area contributed by atoms with Gasteiger partial charge < -0.3 is 26.6 Å². The summed E-state index contributed by atoms with van der Waals surface area (Å²) >= 11 is 0. The van der Waals surface area contributed by atoms with Gasteiger partial charge in [-0.15, -0.1) is 0 Å². The Hall–Kier alpha value is -2.04. The number of carbonyl (C=O) groups excluding carboxylic acids is 1. The average molecular weight is 390 g/mol. The van der Waals surface area contributed by atoms with Crippen LogP contribution in [-0.2, 0) is 20.7 Å². The summed E-state index contributed by atoms with van der Waals surface area (Å²) in [7, 11) is 0. The molecule has 0 aliphatic carbocycles. The molecule has 5 heteroatoms. The molecule has 2 aromatic carbocycles. The van der Waals surface area contributed by atoms with Crippen LogP contribution in [-0.4, -0.2) is 31.4 Å². The maximum atomic E-state index is 12.2. The van der Waals surface area contributed by atoms with Gasteiger partial charge in [-0.3, -0.25) is 4.79 Å². The third kappa shape index (κ3) is 5.98. The average Bonchev–Trinajstić information content (AvgIpc) is 2.70. The van der Waals surface area contributed by atoms with Crippen LogP contribution in [0.5, 0.6) is 5.75 Å². The first kappa shape index (κ1) is 21.3. The molecule has 1 fully saturated rings. The Labute approximate surface area is 167 Å². The van der Waals surface area contributed by atoms with Crippen LogP contribution >= 0.6 is 0 Å². The predicted octanol–water partition coefficient (Wildman–Crippen LogP) is 0.895. The van der Waals surface area contributed by atoms with Crippen LogP contribution in [0.4, 0.5) is 0 Å². The van der Waals surface area contributed by atoms with Crippen LogP contribution < -0.4 is 17.1 Å². The van der Waals surface area contributed by atoms with Gasteiger partial charge in [-0.25, -0.2) is 0 Å². The molecule has 1 aliphatic heterocycles. The van der Waals surface area contributed by atoms with E-state index in [1.54, 1.807) is 0 Å². The Morgan fingerprint density at radius 2 is 1.59 bits per heavy atom. The maximum Gasteiger partial charge on any atom is 0.311 e. The van der Waals surface area contributed by atoms with E-state index < -0.39 is 0 Å². The van der Waals surface area contributed by atoms with E-state index in [0.29, 0.717) is 13.2 Å². The molecular formula is C22H26ClO4-. The summed E-state index contributed by atoms with van der Waals surface area (Å²) in [6.45, 7) is 4.63. The van der Waals surface area contributed by atoms with Crippen molar-refractivity contribution < 1.29 is 31.4 Å². The van der Waals surface area contributed by atoms with Crippen LogP contribution in [0.3, 0.4) is 0 Å². The number of halogens is 1. The number of cyclic esters (lactones) is 1. The first-order chi connectivity index (χ1) is 12.6. The lowest BCUT2D eigenvalue weighted by molar-refractivity contribution is -0.158. The summed E-state index contributed by atoms with van der Waals surface area (Å²) in [5.74, 6) is 0.335. The fraction of sp³-hybridized carbons (Fsp3) is 0.409. The van der Waals surface area contributed by atoms with Crippen molar-refractivity contribution in [3.8, 4) is 5.75 Å². The highest BCUT2D eigenvalue weighted by Gasteiger charge is 2.34. The van der Waals surface area contributed by atoms with Gasteiger partial charge in [0.1, 0.15) is 18.0 Å². The highest BCUT2D eigenvalue weighted by atomic mass is 35.5. The summed E-state index contributed by atoms with van der Waals surface area (Å²) in [6.07, 6.45) is 0.154. The molecule has 2 aromatic rings. The van der Waals surface area contributed by atoms with Gasteiger partial charge in [0.15, 0.2) is 0 Å². The van der Waals surface area contributed by atoms with E-state index in [-0.39, 0.29) is 42.4 Å². The van der Waals surface area contributed by atoms with Crippen molar-refractivity contribution in [3.05, 3.63) is 66.2 Å². The van der Waals surface area contributed by atoms with Crippen LogP contribution in [0, 0.1) is 11.8 Å². The molecule has 0 unspecified atom stereocenters. The minimum absolute atomic E-state index is 0. The van der Waals surface area contributed by atoms with E-state index in [0.717, 1.165) is 12.2 Å². The number of hydrogen-bond donors (Lipinski definition) is 0. The van der Waals surface area contributed by atoms with Crippen molar-refractivity contribution in [2.75, 3.05) is 13.2 Å². The second kappa shape index (κ2) is 10.3. The van der Waals surface area contributed by atoms with Gasteiger partial charge in [0.05, 0.1) is 19.1 Å². The van der Waals surface area contributed by atoms with E-state index in [1.807, 2.05) is 62.4 Å². The number of ether oxygens (including phenoxy) is 3. The van der Waals surface area contributed by atoms with Crippen molar-refractivity contribution in [2.45, 2.75) is 32.5 Å². The molecular weight excluding hydrogens is 364 g/mol. The summed E-state index contributed by atoms with van der Waals surface area (Å²) in [6, 6.07) is 19.9. The Morgan fingerprint density at radius 3 is 2.26 bits per heavy atom. The molecule has 1 aliphatic rings. The van der Waals surface area contributed by atoms with Gasteiger partial charge in [-0.05, 0) is 38.0 Å².